The van der Waals surface area contributed by atoms with Crippen LogP contribution in [-0.2, 0) is 22.4 Å². The van der Waals surface area contributed by atoms with E-state index in [1.165, 1.54) is 18.4 Å². The molecule has 1 heterocycles. The minimum atomic E-state index is -4.13. The average Bonchev–Trinajstić information content (AvgIpc) is 2.47. The molecule has 0 N–H and O–H groups in total. The lowest BCUT2D eigenvalue weighted by Gasteiger charge is -2.05. The van der Waals surface area contributed by atoms with Crippen molar-refractivity contribution in [3.05, 3.63) is 66.0 Å². The van der Waals surface area contributed by atoms with E-state index in [-0.39, 0.29) is 0 Å². The van der Waals surface area contributed by atoms with Crippen LogP contribution in [0.4, 0.5) is 0 Å². The van der Waals surface area contributed by atoms with Crippen LogP contribution in [0.5, 0.6) is 0 Å². The Morgan fingerprint density at radius 3 is 2.14 bits per heavy atom. The molecule has 0 aliphatic rings. The van der Waals surface area contributed by atoms with Crippen molar-refractivity contribution in [1.82, 2.24) is 0 Å². The Balaban J connectivity index is 0.000000220. The zero-order chi connectivity index (χ0) is 16.4. The van der Waals surface area contributed by atoms with Gasteiger partial charge in [-0.1, -0.05) is 43.7 Å². The summed E-state index contributed by atoms with van der Waals surface area (Å²) in [5.41, 5.74) is 1.86. The largest absolute Gasteiger partial charge is 0.748 e. The fourth-order valence-electron chi connectivity index (χ4n) is 1.80. The number of benzene rings is 1. The van der Waals surface area contributed by atoms with Crippen LogP contribution < -0.4 is 4.57 Å². The number of rotatable bonds is 5. The van der Waals surface area contributed by atoms with Gasteiger partial charge in [0.15, 0.2) is 12.4 Å². The molecule has 4 nitrogen and oxygen atoms in total. The smallest absolute Gasteiger partial charge is 0.169 e. The summed E-state index contributed by atoms with van der Waals surface area (Å²) in [4.78, 5) is 0. The van der Waals surface area contributed by atoms with Gasteiger partial charge in [0.25, 0.3) is 0 Å². The van der Waals surface area contributed by atoms with Crippen LogP contribution in [0.2, 0.25) is 0 Å². The van der Waals surface area contributed by atoms with Gasteiger partial charge in [0.1, 0.15) is 6.54 Å². The van der Waals surface area contributed by atoms with Gasteiger partial charge in [-0.05, 0) is 18.1 Å². The highest BCUT2D eigenvalue weighted by Gasteiger charge is 1.96. The molecule has 0 unspecified atom stereocenters. The molecule has 0 bridgehead atoms. The number of aromatic nitrogens is 1. The Labute approximate surface area is 133 Å². The van der Waals surface area contributed by atoms with E-state index in [2.05, 4.69) is 42.9 Å². The van der Waals surface area contributed by atoms with E-state index in [1.807, 2.05) is 0 Å². The summed E-state index contributed by atoms with van der Waals surface area (Å²) < 4.78 is 33.0. The molecule has 1 aromatic heterocycles. The molecule has 0 fully saturated rings. The minimum Gasteiger partial charge on any atom is -0.748 e. The zero-order valence-corrected chi connectivity index (χ0v) is 13.9. The van der Waals surface area contributed by atoms with Gasteiger partial charge < -0.3 is 4.55 Å². The molecule has 2 aromatic rings. The van der Waals surface area contributed by atoms with E-state index in [9.17, 15) is 13.0 Å². The van der Waals surface area contributed by atoms with Crippen LogP contribution >= 0.6 is 0 Å². The summed E-state index contributed by atoms with van der Waals surface area (Å²) in [6.07, 6.45) is 6.82. The van der Waals surface area contributed by atoms with Crippen molar-refractivity contribution >= 4 is 10.1 Å². The molecule has 0 radical (unpaired) electrons. The first kappa shape index (κ1) is 18.3. The van der Waals surface area contributed by atoms with Crippen molar-refractivity contribution in [3.63, 3.8) is 0 Å². The molecule has 5 heteroatoms. The van der Waals surface area contributed by atoms with Crippen molar-refractivity contribution in [2.24, 2.45) is 0 Å². The normalized spacial score (nSPS) is 10.7. The minimum absolute atomic E-state index is 0.423. The Hall–Kier alpha value is -1.72. The number of hydrogen-bond acceptors (Lipinski definition) is 3. The van der Waals surface area contributed by atoms with Crippen LogP contribution in [0, 0.1) is 6.92 Å². The first-order valence-electron chi connectivity index (χ1n) is 7.34. The topological polar surface area (TPSA) is 61.1 Å². The SMILES string of the molecule is CCCC[n+]1ccc(C)cc1.O=S(=O)([O-])Cc1ccccc1. The van der Waals surface area contributed by atoms with Gasteiger partial charge in [-0.25, -0.2) is 13.0 Å². The summed E-state index contributed by atoms with van der Waals surface area (Å²) in [5, 5.41) is 0. The highest BCUT2D eigenvalue weighted by molar-refractivity contribution is 7.84. The number of nitrogens with zero attached hydrogens (tertiary/aromatic N) is 1. The van der Waals surface area contributed by atoms with Crippen LogP contribution in [-0.4, -0.2) is 13.0 Å². The van der Waals surface area contributed by atoms with E-state index >= 15 is 0 Å². The molecule has 0 atom stereocenters. The van der Waals surface area contributed by atoms with Gasteiger partial charge in [-0.2, -0.15) is 0 Å². The lowest BCUT2D eigenvalue weighted by Crippen LogP contribution is -2.32. The summed E-state index contributed by atoms with van der Waals surface area (Å²) in [5.74, 6) is -0.423. The van der Waals surface area contributed by atoms with E-state index in [1.54, 1.807) is 30.3 Å². The standard InChI is InChI=1S/C10H16N.C7H8O3S/c1-3-4-7-11-8-5-10(2)6-9-11;8-11(9,10)6-7-4-2-1-3-5-7/h5-6,8-9H,3-4,7H2,1-2H3;1-5H,6H2,(H,8,9,10)/q+1;/p-1. The Morgan fingerprint density at radius 2 is 1.64 bits per heavy atom. The maximum absolute atomic E-state index is 10.2. The van der Waals surface area contributed by atoms with Gasteiger partial charge in [-0.15, -0.1) is 0 Å². The molecule has 22 heavy (non-hydrogen) atoms. The van der Waals surface area contributed by atoms with Crippen LogP contribution in [0.3, 0.4) is 0 Å². The molecule has 0 saturated carbocycles. The molecule has 0 spiro atoms. The highest BCUT2D eigenvalue weighted by Crippen LogP contribution is 2.02. The number of aryl methyl sites for hydroxylation is 2. The lowest BCUT2D eigenvalue weighted by molar-refractivity contribution is -0.697. The monoisotopic (exact) mass is 321 g/mol. The third-order valence-electron chi connectivity index (χ3n) is 3.01. The van der Waals surface area contributed by atoms with E-state index in [0.29, 0.717) is 5.56 Å². The molecule has 0 amide bonds. The van der Waals surface area contributed by atoms with Crippen molar-refractivity contribution < 1.29 is 17.5 Å². The lowest BCUT2D eigenvalue weighted by atomic mass is 10.2. The summed E-state index contributed by atoms with van der Waals surface area (Å²) in [7, 11) is -4.13. The Bertz CT molecular complexity index is 637. The van der Waals surface area contributed by atoms with Crippen molar-refractivity contribution in [2.45, 2.75) is 39.0 Å². The second kappa shape index (κ2) is 9.33. The fraction of sp³-hybridized carbons (Fsp3) is 0.353. The molecule has 1 aromatic carbocycles. The van der Waals surface area contributed by atoms with Crippen molar-refractivity contribution in [1.29, 1.82) is 0 Å². The quantitative estimate of drug-likeness (QED) is 0.628. The molecular formula is C17H23NO3S. The van der Waals surface area contributed by atoms with Crippen LogP contribution in [0.15, 0.2) is 54.9 Å². The summed E-state index contributed by atoms with van der Waals surface area (Å²) in [6, 6.07) is 12.7. The fourth-order valence-corrected chi connectivity index (χ4v) is 2.40. The van der Waals surface area contributed by atoms with E-state index < -0.39 is 15.9 Å². The van der Waals surface area contributed by atoms with Crippen LogP contribution in [0.25, 0.3) is 0 Å². The molecule has 2 rings (SSSR count). The highest BCUT2D eigenvalue weighted by atomic mass is 32.2. The number of pyridine rings is 1. The molecule has 0 saturated heterocycles. The second-order valence-electron chi connectivity index (χ2n) is 5.15. The first-order valence-corrected chi connectivity index (χ1v) is 8.91. The van der Waals surface area contributed by atoms with E-state index in [0.717, 1.165) is 6.54 Å². The molecule has 0 aliphatic heterocycles. The summed E-state index contributed by atoms with van der Waals surface area (Å²) >= 11 is 0. The predicted octanol–water partition coefficient (Wildman–Crippen LogP) is 2.81. The molecule has 0 aliphatic carbocycles. The Morgan fingerprint density at radius 1 is 1.05 bits per heavy atom. The van der Waals surface area contributed by atoms with E-state index in [4.69, 9.17) is 0 Å². The van der Waals surface area contributed by atoms with Crippen molar-refractivity contribution in [3.8, 4) is 0 Å². The molecule has 120 valence electrons. The zero-order valence-electron chi connectivity index (χ0n) is 13.1. The third kappa shape index (κ3) is 8.54. The Kier molecular flexibility index (Phi) is 7.77. The average molecular weight is 321 g/mol. The second-order valence-corrected chi connectivity index (χ2v) is 6.56. The van der Waals surface area contributed by atoms with Gasteiger partial charge in [-0.3, -0.25) is 0 Å². The van der Waals surface area contributed by atoms with Gasteiger partial charge >= 0.3 is 0 Å². The number of unbranched alkanes of at least 4 members (excludes halogenated alkanes) is 1. The maximum Gasteiger partial charge on any atom is 0.169 e. The molecular weight excluding hydrogens is 298 g/mol. The van der Waals surface area contributed by atoms with Crippen molar-refractivity contribution in [2.75, 3.05) is 0 Å². The first-order chi connectivity index (χ1) is 10.4. The summed E-state index contributed by atoms with van der Waals surface area (Å²) in [6.45, 7) is 5.48. The number of hydrogen-bond donors (Lipinski definition) is 0. The third-order valence-corrected chi connectivity index (χ3v) is 3.70. The van der Waals surface area contributed by atoms with Gasteiger partial charge in [0.2, 0.25) is 0 Å². The predicted molar refractivity (Wildman–Crippen MR) is 86.1 cm³/mol. The van der Waals surface area contributed by atoms with Crippen LogP contribution in [0.1, 0.15) is 30.9 Å². The van der Waals surface area contributed by atoms with Gasteiger partial charge in [0, 0.05) is 18.6 Å². The van der Waals surface area contributed by atoms with Gasteiger partial charge in [0.05, 0.1) is 15.9 Å². The maximum atomic E-state index is 10.2.